The molecule has 62 heavy (non-hydrogen) atoms. The zero-order valence-corrected chi connectivity index (χ0v) is 37.3. The number of aromatic amines is 1. The van der Waals surface area contributed by atoms with Crippen LogP contribution >= 0.6 is 0 Å². The lowest BCUT2D eigenvalue weighted by Crippen LogP contribution is -2.80. The van der Waals surface area contributed by atoms with Crippen molar-refractivity contribution in [1.82, 2.24) is 14.8 Å². The van der Waals surface area contributed by atoms with Crippen molar-refractivity contribution < 1.29 is 56.3 Å². The highest BCUT2D eigenvalue weighted by Gasteiger charge is 2.79. The zero-order valence-electron chi connectivity index (χ0n) is 36.5. The summed E-state index contributed by atoms with van der Waals surface area (Å²) in [5.41, 5.74) is -1.43. The molecule has 5 N–H and O–H groups in total. The molecule has 0 radical (unpaired) electrons. The first-order chi connectivity index (χ1) is 29.4. The van der Waals surface area contributed by atoms with Crippen LogP contribution in [0.4, 0.5) is 5.69 Å². The largest absolute Gasteiger partial charge is 0.496 e. The summed E-state index contributed by atoms with van der Waals surface area (Å²) in [6.45, 7) is 7.41. The molecule has 6 aliphatic rings. The van der Waals surface area contributed by atoms with Gasteiger partial charge in [-0.2, -0.15) is 8.42 Å². The van der Waals surface area contributed by atoms with Crippen molar-refractivity contribution in [3.8, 4) is 5.75 Å². The second-order valence-corrected chi connectivity index (χ2v) is 19.4. The summed E-state index contributed by atoms with van der Waals surface area (Å²) in [4.78, 5) is 39.7. The van der Waals surface area contributed by atoms with Crippen molar-refractivity contribution in [2.75, 3.05) is 73.1 Å². The van der Waals surface area contributed by atoms with Gasteiger partial charge >= 0.3 is 22.3 Å². The van der Waals surface area contributed by atoms with Crippen molar-refractivity contribution in [2.24, 2.45) is 11.3 Å². The Bertz CT molecular complexity index is 2410. The number of carbonyl (C=O) groups is 2. The van der Waals surface area contributed by atoms with E-state index in [2.05, 4.69) is 31.1 Å². The number of piperidine rings is 1. The Balaban J connectivity index is 0.000000825. The van der Waals surface area contributed by atoms with Gasteiger partial charge in [0, 0.05) is 84.0 Å². The highest BCUT2D eigenvalue weighted by atomic mass is 32.3. The van der Waals surface area contributed by atoms with Gasteiger partial charge in [-0.05, 0) is 74.2 Å². The van der Waals surface area contributed by atoms with Crippen molar-refractivity contribution in [3.05, 3.63) is 70.9 Å². The Morgan fingerprint density at radius 1 is 0.952 bits per heavy atom. The van der Waals surface area contributed by atoms with E-state index in [4.69, 9.17) is 18.8 Å². The molecule has 2 saturated heterocycles. The van der Waals surface area contributed by atoms with E-state index < -0.39 is 61.9 Å². The van der Waals surface area contributed by atoms with E-state index in [0.29, 0.717) is 69.5 Å². The summed E-state index contributed by atoms with van der Waals surface area (Å²) in [6.07, 6.45) is 5.82. The molecule has 2 bridgehead atoms. The third-order valence-electron chi connectivity index (χ3n) is 15.6. The van der Waals surface area contributed by atoms with Crippen LogP contribution in [0.15, 0.2) is 48.6 Å². The number of carbonyl (C=O) groups excluding carboxylic acids is 2. The van der Waals surface area contributed by atoms with E-state index in [1.165, 1.54) is 14.2 Å². The van der Waals surface area contributed by atoms with Crippen LogP contribution in [0.2, 0.25) is 0 Å². The van der Waals surface area contributed by atoms with Crippen LogP contribution in [0.3, 0.4) is 0 Å². The second-order valence-electron chi connectivity index (χ2n) is 18.2. The molecule has 1 aliphatic carbocycles. The van der Waals surface area contributed by atoms with Gasteiger partial charge in [-0.3, -0.25) is 23.3 Å². The van der Waals surface area contributed by atoms with Gasteiger partial charge in [0.1, 0.15) is 17.3 Å². The topological polar surface area (TPSA) is 212 Å². The first-order valence-electron chi connectivity index (χ1n) is 21.4. The number of hydrogen-bond acceptors (Lipinski definition) is 14. The van der Waals surface area contributed by atoms with Gasteiger partial charge in [-0.15, -0.1) is 0 Å². The van der Waals surface area contributed by atoms with Crippen LogP contribution in [0.1, 0.15) is 68.3 Å². The normalized spacial score (nSPS) is 35.9. The van der Waals surface area contributed by atoms with Gasteiger partial charge in [0.05, 0.1) is 40.1 Å². The van der Waals surface area contributed by atoms with E-state index >= 15 is 4.79 Å². The Kier molecular flexibility index (Phi) is 11.2. The van der Waals surface area contributed by atoms with E-state index in [0.717, 1.165) is 53.6 Å². The molecule has 9 rings (SSSR count). The summed E-state index contributed by atoms with van der Waals surface area (Å²) in [7, 11) is 2.88. The molecule has 1 saturated carbocycles. The minimum absolute atomic E-state index is 0.0795. The van der Waals surface area contributed by atoms with E-state index in [9.17, 15) is 28.5 Å². The second kappa shape index (κ2) is 15.6. The standard InChI is InChI=1S/C44H56N4O8.CH4O4S/c1-7-40(52)22-26-23-43(38(50)55-5,34-28(14-18-47(24-26)25-40)27-12-9-10-13-31(27)45-34)30-20-29-32(21-33(30)54-4)46(3)36-42(29)16-19-48-17-11-15-41(8-2,35(42)48)37(49)44(36,53)39(51)56-6;1-5-6(2,3)4/h9-13,15,20-21,26,35-37,45,49,52-53H,7-8,14,16-19,22-25H2,1-6H3;1H3,(H,2,3,4)/t26-,35-,36+,37+,40-,41+,42+,43-,44-;/m0./s1. The van der Waals surface area contributed by atoms with Crippen molar-refractivity contribution in [2.45, 2.75) is 92.6 Å². The van der Waals surface area contributed by atoms with Gasteiger partial charge in [-0.25, -0.2) is 4.79 Å². The van der Waals surface area contributed by atoms with Gasteiger partial charge in [0.15, 0.2) is 0 Å². The minimum atomic E-state index is -4.16. The number of methoxy groups -OCH3 is 3. The first-order valence-corrected chi connectivity index (χ1v) is 22.8. The highest BCUT2D eigenvalue weighted by molar-refractivity contribution is 7.80. The highest BCUT2D eigenvalue weighted by Crippen LogP contribution is 2.67. The maximum Gasteiger partial charge on any atom is 0.397 e. The molecular formula is C45H60N4O12S. The number of ether oxygens (including phenoxy) is 3. The molecule has 0 amide bonds. The Hall–Kier alpha value is -4.07. The number of nitrogens with one attached hydrogen (secondary N) is 1. The van der Waals surface area contributed by atoms with Crippen LogP contribution < -0.4 is 9.64 Å². The number of esters is 2. The van der Waals surface area contributed by atoms with Crippen LogP contribution in [-0.4, -0.2) is 153 Å². The number of rotatable bonds is 7. The zero-order chi connectivity index (χ0) is 44.8. The Labute approximate surface area is 362 Å². The molecule has 16 nitrogen and oxygen atoms in total. The number of anilines is 1. The number of para-hydroxylation sites is 1. The van der Waals surface area contributed by atoms with E-state index in [-0.39, 0.29) is 12.0 Å². The molecule has 10 atom stereocenters. The lowest BCUT2D eigenvalue weighted by atomic mass is 9.47. The molecule has 3 fully saturated rings. The number of nitrogens with zero attached hydrogens (tertiary/aromatic N) is 3. The summed E-state index contributed by atoms with van der Waals surface area (Å²) in [5, 5.41) is 38.3. The molecule has 3 aromatic rings. The SMILES string of the molecule is CC[C@]1(O)C[C@@H]2CN(CCc3c([nH]c4ccccc34)[C@@](C(=O)OC)(c3cc4c(cc3OC)N(C)[C@H]3[C@@](O)(C(=O)OC)[C@H](O)[C@]5(CC)C=CCN6CC[C@]43[C@@H]65)C2)C1.COS(=O)(=O)O. The van der Waals surface area contributed by atoms with Crippen molar-refractivity contribution >= 4 is 38.9 Å². The van der Waals surface area contributed by atoms with Crippen LogP contribution in [0.25, 0.3) is 10.9 Å². The molecule has 338 valence electrons. The summed E-state index contributed by atoms with van der Waals surface area (Å²) >= 11 is 0. The molecule has 2 aromatic carbocycles. The van der Waals surface area contributed by atoms with Crippen LogP contribution in [0, 0.1) is 11.3 Å². The van der Waals surface area contributed by atoms with Crippen LogP contribution in [-0.2, 0) is 50.9 Å². The maximum atomic E-state index is 15.2. The Morgan fingerprint density at radius 3 is 2.31 bits per heavy atom. The van der Waals surface area contributed by atoms with Gasteiger partial charge in [-0.1, -0.05) is 44.2 Å². The third-order valence-corrected chi connectivity index (χ3v) is 16.0. The molecule has 1 unspecified atom stereocenters. The molecule has 1 aromatic heterocycles. The monoisotopic (exact) mass is 880 g/mol. The fourth-order valence-electron chi connectivity index (χ4n) is 13.2. The molecule has 6 heterocycles. The van der Waals surface area contributed by atoms with Crippen molar-refractivity contribution in [1.29, 1.82) is 0 Å². The summed E-state index contributed by atoms with van der Waals surface area (Å²) < 4.78 is 47.3. The van der Waals surface area contributed by atoms with Crippen LogP contribution in [0.5, 0.6) is 5.75 Å². The summed E-state index contributed by atoms with van der Waals surface area (Å²) in [6, 6.07) is 11.1. The molecule has 5 aliphatic heterocycles. The van der Waals surface area contributed by atoms with Gasteiger partial charge in [0.25, 0.3) is 0 Å². The fraction of sp³-hybridized carbons (Fsp3) is 0.600. The minimum Gasteiger partial charge on any atom is -0.496 e. The number of H-pyrrole nitrogens is 1. The summed E-state index contributed by atoms with van der Waals surface area (Å²) in [5.74, 6) is -0.908. The average Bonchev–Trinajstić information content (AvgIpc) is 3.93. The number of fused-ring (bicyclic) bond motifs is 6. The van der Waals surface area contributed by atoms with Crippen molar-refractivity contribution in [3.63, 3.8) is 0 Å². The number of hydrogen-bond donors (Lipinski definition) is 5. The predicted octanol–water partition coefficient (Wildman–Crippen LogP) is 2.86. The number of aliphatic hydroxyl groups excluding tert-OH is 1. The molecular weight excluding hydrogens is 821 g/mol. The van der Waals surface area contributed by atoms with Gasteiger partial charge in [0.2, 0.25) is 5.60 Å². The maximum absolute atomic E-state index is 15.2. The number of likely N-dealkylation sites (N-methyl/N-ethyl adjacent to an activating group) is 1. The smallest absolute Gasteiger partial charge is 0.397 e. The number of benzene rings is 2. The average molecular weight is 881 g/mol. The van der Waals surface area contributed by atoms with E-state index in [1.54, 1.807) is 7.11 Å². The predicted molar refractivity (Wildman–Crippen MR) is 229 cm³/mol. The number of aromatic nitrogens is 1. The van der Waals surface area contributed by atoms with E-state index in [1.807, 2.05) is 62.2 Å². The van der Waals surface area contributed by atoms with Gasteiger partial charge < -0.3 is 39.4 Å². The quantitative estimate of drug-likeness (QED) is 0.131. The fourth-order valence-corrected chi connectivity index (χ4v) is 13.2. The number of aliphatic hydroxyl groups is 3. The molecule has 17 heteroatoms. The third kappa shape index (κ3) is 6.20. The Morgan fingerprint density at radius 2 is 1.66 bits per heavy atom. The molecule has 1 spiro atoms. The lowest BCUT2D eigenvalue weighted by molar-refractivity contribution is -0.218. The lowest BCUT2D eigenvalue weighted by Gasteiger charge is -2.63. The first kappa shape index (κ1) is 44.5.